The zero-order valence-corrected chi connectivity index (χ0v) is 9.79. The second kappa shape index (κ2) is 6.80. The van der Waals surface area contributed by atoms with Crippen LogP contribution in [0.15, 0.2) is 0 Å². The average Bonchev–Trinajstić information content (AvgIpc) is 2.29. The van der Waals surface area contributed by atoms with Gasteiger partial charge >= 0.3 is 5.97 Å². The molecule has 0 amide bonds. The molecule has 88 valence electrons. The van der Waals surface area contributed by atoms with Crippen LogP contribution in [-0.2, 0) is 9.53 Å². The van der Waals surface area contributed by atoms with Crippen LogP contribution in [0.2, 0.25) is 0 Å². The maximum Gasteiger partial charge on any atom is 0.319 e. The molecule has 0 saturated carbocycles. The number of esters is 1. The van der Waals surface area contributed by atoms with Crippen LogP contribution in [0, 0.1) is 5.92 Å². The quantitative estimate of drug-likeness (QED) is 0.676. The first-order chi connectivity index (χ1) is 7.26. The number of hydrogen-bond acceptors (Lipinski definition) is 4. The fourth-order valence-electron chi connectivity index (χ4n) is 1.98. The molecule has 1 aliphatic rings. The van der Waals surface area contributed by atoms with Crippen molar-refractivity contribution in [2.45, 2.75) is 19.8 Å². The highest BCUT2D eigenvalue weighted by molar-refractivity contribution is 5.71. The molecule has 0 aromatic rings. The number of piperidine rings is 1. The standard InChI is InChI=1S/C11H22N2O2/c1-3-13(9-11(14)15-2)8-10-4-6-12-7-5-10/h10,12H,3-9H2,1-2H3. The average molecular weight is 214 g/mol. The maximum absolute atomic E-state index is 11.1. The van der Waals surface area contributed by atoms with Crippen LogP contribution in [0.4, 0.5) is 0 Å². The molecule has 0 aliphatic carbocycles. The summed E-state index contributed by atoms with van der Waals surface area (Å²) >= 11 is 0. The van der Waals surface area contributed by atoms with Crippen LogP contribution in [0.3, 0.4) is 0 Å². The van der Waals surface area contributed by atoms with Gasteiger partial charge in [0.05, 0.1) is 13.7 Å². The van der Waals surface area contributed by atoms with Gasteiger partial charge in [0.1, 0.15) is 0 Å². The number of nitrogens with zero attached hydrogens (tertiary/aromatic N) is 1. The van der Waals surface area contributed by atoms with Gasteiger partial charge in [-0.1, -0.05) is 6.92 Å². The Hall–Kier alpha value is -0.610. The third-order valence-corrected chi connectivity index (χ3v) is 3.00. The fourth-order valence-corrected chi connectivity index (χ4v) is 1.98. The summed E-state index contributed by atoms with van der Waals surface area (Å²) in [5.74, 6) is 0.599. The van der Waals surface area contributed by atoms with Crippen LogP contribution < -0.4 is 5.32 Å². The van der Waals surface area contributed by atoms with Crippen LogP contribution in [0.5, 0.6) is 0 Å². The lowest BCUT2D eigenvalue weighted by Gasteiger charge is -2.28. The molecule has 0 atom stereocenters. The summed E-state index contributed by atoms with van der Waals surface area (Å²) < 4.78 is 4.68. The molecule has 1 heterocycles. The van der Waals surface area contributed by atoms with E-state index in [9.17, 15) is 4.79 Å². The van der Waals surface area contributed by atoms with Gasteiger partial charge in [-0.3, -0.25) is 9.69 Å². The number of likely N-dealkylation sites (N-methyl/N-ethyl adjacent to an activating group) is 1. The lowest BCUT2D eigenvalue weighted by atomic mass is 9.97. The van der Waals surface area contributed by atoms with Crippen molar-refractivity contribution in [3.8, 4) is 0 Å². The molecular formula is C11H22N2O2. The summed E-state index contributed by atoms with van der Waals surface area (Å²) in [7, 11) is 1.45. The van der Waals surface area contributed by atoms with Gasteiger partial charge in [-0.25, -0.2) is 0 Å². The summed E-state index contributed by atoms with van der Waals surface area (Å²) in [4.78, 5) is 13.3. The molecule has 0 unspecified atom stereocenters. The van der Waals surface area contributed by atoms with Crippen molar-refractivity contribution < 1.29 is 9.53 Å². The third kappa shape index (κ3) is 4.62. The van der Waals surface area contributed by atoms with E-state index in [1.54, 1.807) is 0 Å². The van der Waals surface area contributed by atoms with E-state index < -0.39 is 0 Å². The molecule has 1 saturated heterocycles. The highest BCUT2D eigenvalue weighted by atomic mass is 16.5. The van der Waals surface area contributed by atoms with Gasteiger partial charge in [0.15, 0.2) is 0 Å². The Kier molecular flexibility index (Phi) is 5.65. The smallest absolute Gasteiger partial charge is 0.319 e. The topological polar surface area (TPSA) is 41.6 Å². The highest BCUT2D eigenvalue weighted by Crippen LogP contribution is 2.13. The normalized spacial score (nSPS) is 18.1. The van der Waals surface area contributed by atoms with E-state index in [-0.39, 0.29) is 5.97 Å². The molecule has 4 heteroatoms. The molecular weight excluding hydrogens is 192 g/mol. The first kappa shape index (κ1) is 12.5. The second-order valence-electron chi connectivity index (χ2n) is 4.10. The van der Waals surface area contributed by atoms with E-state index in [1.165, 1.54) is 20.0 Å². The predicted molar refractivity (Wildman–Crippen MR) is 59.7 cm³/mol. The summed E-state index contributed by atoms with van der Waals surface area (Å²) in [6.07, 6.45) is 2.44. The van der Waals surface area contributed by atoms with Crippen molar-refractivity contribution in [2.75, 3.05) is 39.8 Å². The first-order valence-corrected chi connectivity index (χ1v) is 5.76. The maximum atomic E-state index is 11.1. The van der Waals surface area contributed by atoms with E-state index in [0.29, 0.717) is 6.54 Å². The molecule has 1 fully saturated rings. The Morgan fingerprint density at radius 1 is 1.47 bits per heavy atom. The lowest BCUT2D eigenvalue weighted by Crippen LogP contribution is -2.38. The van der Waals surface area contributed by atoms with Crippen LogP contribution in [0.1, 0.15) is 19.8 Å². The molecule has 1 rings (SSSR count). The largest absolute Gasteiger partial charge is 0.468 e. The SMILES string of the molecule is CCN(CC(=O)OC)CC1CCNCC1. The van der Waals surface area contributed by atoms with Gasteiger partial charge in [0.25, 0.3) is 0 Å². The van der Waals surface area contributed by atoms with Crippen molar-refractivity contribution in [1.29, 1.82) is 0 Å². The molecule has 0 spiro atoms. The Labute approximate surface area is 92.0 Å². The van der Waals surface area contributed by atoms with Crippen molar-refractivity contribution >= 4 is 5.97 Å². The molecule has 0 aromatic carbocycles. The van der Waals surface area contributed by atoms with Crippen LogP contribution in [0.25, 0.3) is 0 Å². The second-order valence-corrected chi connectivity index (χ2v) is 4.10. The molecule has 1 aliphatic heterocycles. The third-order valence-electron chi connectivity index (χ3n) is 3.00. The minimum Gasteiger partial charge on any atom is -0.468 e. The lowest BCUT2D eigenvalue weighted by molar-refractivity contribution is -0.142. The molecule has 15 heavy (non-hydrogen) atoms. The van der Waals surface area contributed by atoms with E-state index in [2.05, 4.69) is 21.9 Å². The van der Waals surface area contributed by atoms with E-state index >= 15 is 0 Å². The van der Waals surface area contributed by atoms with Crippen molar-refractivity contribution in [1.82, 2.24) is 10.2 Å². The summed E-state index contributed by atoms with van der Waals surface area (Å²) in [6, 6.07) is 0. The minimum absolute atomic E-state index is 0.134. The molecule has 1 N–H and O–H groups in total. The van der Waals surface area contributed by atoms with Gasteiger partial charge < -0.3 is 10.1 Å². The van der Waals surface area contributed by atoms with Crippen molar-refractivity contribution in [2.24, 2.45) is 5.92 Å². The molecule has 0 aromatic heterocycles. The molecule has 0 radical (unpaired) electrons. The van der Waals surface area contributed by atoms with Gasteiger partial charge in [0, 0.05) is 6.54 Å². The summed E-state index contributed by atoms with van der Waals surface area (Å²) in [5.41, 5.74) is 0. The molecule has 4 nitrogen and oxygen atoms in total. The minimum atomic E-state index is -0.134. The zero-order valence-electron chi connectivity index (χ0n) is 9.79. The van der Waals surface area contributed by atoms with Crippen LogP contribution >= 0.6 is 0 Å². The highest BCUT2D eigenvalue weighted by Gasteiger charge is 2.17. The number of rotatable bonds is 5. The van der Waals surface area contributed by atoms with Crippen molar-refractivity contribution in [3.63, 3.8) is 0 Å². The number of methoxy groups -OCH3 is 1. The monoisotopic (exact) mass is 214 g/mol. The van der Waals surface area contributed by atoms with E-state index in [4.69, 9.17) is 0 Å². The Morgan fingerprint density at radius 2 is 2.13 bits per heavy atom. The Bertz CT molecular complexity index is 191. The zero-order chi connectivity index (χ0) is 11.1. The van der Waals surface area contributed by atoms with Crippen molar-refractivity contribution in [3.05, 3.63) is 0 Å². The predicted octanol–water partition coefficient (Wildman–Crippen LogP) is 0.481. The Balaban J connectivity index is 2.28. The van der Waals surface area contributed by atoms with Gasteiger partial charge in [-0.2, -0.15) is 0 Å². The van der Waals surface area contributed by atoms with Crippen LogP contribution in [-0.4, -0.2) is 50.7 Å². The number of ether oxygens (including phenoxy) is 1. The summed E-state index contributed by atoms with van der Waals surface area (Å²) in [5, 5.41) is 3.35. The van der Waals surface area contributed by atoms with E-state index in [0.717, 1.165) is 32.1 Å². The first-order valence-electron chi connectivity index (χ1n) is 5.76. The number of hydrogen-bond donors (Lipinski definition) is 1. The van der Waals surface area contributed by atoms with E-state index in [1.807, 2.05) is 0 Å². The number of carbonyl (C=O) groups excluding carboxylic acids is 1. The summed E-state index contributed by atoms with van der Waals surface area (Å²) in [6.45, 7) is 6.67. The fraction of sp³-hybridized carbons (Fsp3) is 0.909. The number of carbonyl (C=O) groups is 1. The molecule has 0 bridgehead atoms. The van der Waals surface area contributed by atoms with Gasteiger partial charge in [-0.15, -0.1) is 0 Å². The van der Waals surface area contributed by atoms with Gasteiger partial charge in [0.2, 0.25) is 0 Å². The Morgan fingerprint density at radius 3 is 2.67 bits per heavy atom. The number of nitrogens with one attached hydrogen (secondary N) is 1. The van der Waals surface area contributed by atoms with Gasteiger partial charge in [-0.05, 0) is 38.4 Å².